The van der Waals surface area contributed by atoms with Crippen LogP contribution in [-0.4, -0.2) is 23.2 Å². The molecule has 0 atom stereocenters. The first-order chi connectivity index (χ1) is 10.1. The van der Waals surface area contributed by atoms with Crippen molar-refractivity contribution in [1.29, 1.82) is 0 Å². The Morgan fingerprint density at radius 2 is 2.00 bits per heavy atom. The summed E-state index contributed by atoms with van der Waals surface area (Å²) in [5.74, 6) is -0.276. The number of aromatic nitrogens is 1. The molecule has 4 nitrogen and oxygen atoms in total. The van der Waals surface area contributed by atoms with E-state index >= 15 is 0 Å². The summed E-state index contributed by atoms with van der Waals surface area (Å²) in [5.41, 5.74) is 3.32. The van der Waals surface area contributed by atoms with Crippen molar-refractivity contribution in [3.05, 3.63) is 64.9 Å². The maximum absolute atomic E-state index is 10.8. The highest BCUT2D eigenvalue weighted by Crippen LogP contribution is 2.19. The number of ether oxygens (including phenoxy) is 1. The van der Waals surface area contributed by atoms with E-state index in [0.717, 1.165) is 23.1 Å². The number of carbonyl (C=O) groups is 1. The van der Waals surface area contributed by atoms with Crippen LogP contribution in [0.15, 0.2) is 48.2 Å². The average molecular weight is 283 g/mol. The molecule has 0 aliphatic rings. The van der Waals surface area contributed by atoms with Gasteiger partial charge in [-0.15, -0.1) is 0 Å². The second kappa shape index (κ2) is 6.70. The Bertz CT molecular complexity index is 660. The molecule has 2 rings (SSSR count). The van der Waals surface area contributed by atoms with E-state index in [1.54, 1.807) is 26.3 Å². The summed E-state index contributed by atoms with van der Waals surface area (Å²) in [4.78, 5) is 15.0. The summed E-state index contributed by atoms with van der Waals surface area (Å²) >= 11 is 0. The van der Waals surface area contributed by atoms with Gasteiger partial charge in [-0.25, -0.2) is 9.78 Å². The average Bonchev–Trinajstić information content (AvgIpc) is 2.49. The standard InChI is InChI=1S/C17H17NO3/c1-12(17(19)20)10-13-5-7-14(8-6-13)11-15-4-3-9-18-16(15)21-2/h3-10H,11H2,1-2H3,(H,19,20)/b12-10+. The lowest BCUT2D eigenvalue weighted by Crippen LogP contribution is -1.96. The van der Waals surface area contributed by atoms with Gasteiger partial charge in [-0.3, -0.25) is 0 Å². The SMILES string of the molecule is COc1ncccc1Cc1ccc(/C=C(\C)C(=O)O)cc1. The number of benzene rings is 1. The van der Waals surface area contributed by atoms with Gasteiger partial charge in [-0.2, -0.15) is 0 Å². The molecule has 1 aromatic heterocycles. The summed E-state index contributed by atoms with van der Waals surface area (Å²) in [6.45, 7) is 1.58. The molecule has 0 aliphatic heterocycles. The minimum Gasteiger partial charge on any atom is -0.481 e. The molecule has 1 N–H and O–H groups in total. The predicted molar refractivity (Wildman–Crippen MR) is 81.3 cm³/mol. The topological polar surface area (TPSA) is 59.4 Å². The number of carboxylic acid groups (broad SMARTS) is 1. The van der Waals surface area contributed by atoms with Gasteiger partial charge in [0.15, 0.2) is 0 Å². The molecule has 1 heterocycles. The molecular weight excluding hydrogens is 266 g/mol. The van der Waals surface area contributed by atoms with Crippen LogP contribution in [-0.2, 0) is 11.2 Å². The van der Waals surface area contributed by atoms with E-state index < -0.39 is 5.97 Å². The van der Waals surface area contributed by atoms with E-state index in [2.05, 4.69) is 4.98 Å². The lowest BCUT2D eigenvalue weighted by Gasteiger charge is -2.07. The van der Waals surface area contributed by atoms with Gasteiger partial charge >= 0.3 is 5.97 Å². The van der Waals surface area contributed by atoms with Crippen molar-refractivity contribution in [2.75, 3.05) is 7.11 Å². The second-order valence-electron chi connectivity index (χ2n) is 4.72. The van der Waals surface area contributed by atoms with Crippen molar-refractivity contribution < 1.29 is 14.6 Å². The van der Waals surface area contributed by atoms with Crippen LogP contribution in [0.2, 0.25) is 0 Å². The fourth-order valence-electron chi connectivity index (χ4n) is 2.01. The Kier molecular flexibility index (Phi) is 4.72. The zero-order chi connectivity index (χ0) is 15.2. The number of hydrogen-bond donors (Lipinski definition) is 1. The van der Waals surface area contributed by atoms with Gasteiger partial charge in [0.05, 0.1) is 7.11 Å². The maximum atomic E-state index is 10.8. The van der Waals surface area contributed by atoms with Crippen molar-refractivity contribution in [3.8, 4) is 5.88 Å². The molecule has 21 heavy (non-hydrogen) atoms. The van der Waals surface area contributed by atoms with Crippen LogP contribution < -0.4 is 4.74 Å². The van der Waals surface area contributed by atoms with E-state index in [-0.39, 0.29) is 0 Å². The van der Waals surface area contributed by atoms with Gasteiger partial charge in [-0.1, -0.05) is 30.3 Å². The van der Waals surface area contributed by atoms with Gasteiger partial charge < -0.3 is 9.84 Å². The smallest absolute Gasteiger partial charge is 0.331 e. The van der Waals surface area contributed by atoms with E-state index in [1.165, 1.54) is 0 Å². The van der Waals surface area contributed by atoms with Crippen LogP contribution in [0, 0.1) is 0 Å². The third kappa shape index (κ3) is 3.92. The van der Waals surface area contributed by atoms with E-state index in [9.17, 15) is 4.79 Å². The third-order valence-corrected chi connectivity index (χ3v) is 3.14. The highest BCUT2D eigenvalue weighted by Gasteiger charge is 2.05. The molecule has 0 bridgehead atoms. The fourth-order valence-corrected chi connectivity index (χ4v) is 2.01. The quantitative estimate of drug-likeness (QED) is 0.856. The maximum Gasteiger partial charge on any atom is 0.331 e. The molecule has 108 valence electrons. The van der Waals surface area contributed by atoms with Crippen molar-refractivity contribution in [2.24, 2.45) is 0 Å². The Labute approximate surface area is 123 Å². The minimum absolute atomic E-state index is 0.316. The first-order valence-electron chi connectivity index (χ1n) is 6.58. The van der Waals surface area contributed by atoms with Crippen LogP contribution in [0.3, 0.4) is 0 Å². The molecule has 0 saturated carbocycles. The highest BCUT2D eigenvalue weighted by molar-refractivity contribution is 5.91. The summed E-state index contributed by atoms with van der Waals surface area (Å²) in [5, 5.41) is 8.86. The zero-order valence-corrected chi connectivity index (χ0v) is 12.0. The summed E-state index contributed by atoms with van der Waals surface area (Å²) < 4.78 is 5.23. The molecule has 1 aromatic carbocycles. The number of nitrogens with zero attached hydrogens (tertiary/aromatic N) is 1. The van der Waals surface area contributed by atoms with Crippen LogP contribution in [0.5, 0.6) is 5.88 Å². The largest absolute Gasteiger partial charge is 0.481 e. The molecule has 0 aliphatic carbocycles. The fraction of sp³-hybridized carbons (Fsp3) is 0.176. The summed E-state index contributed by atoms with van der Waals surface area (Å²) in [6.07, 6.45) is 4.07. The van der Waals surface area contributed by atoms with Crippen molar-refractivity contribution in [3.63, 3.8) is 0 Å². The number of rotatable bonds is 5. The Morgan fingerprint density at radius 1 is 1.29 bits per heavy atom. The van der Waals surface area contributed by atoms with Gasteiger partial charge in [0.2, 0.25) is 5.88 Å². The highest BCUT2D eigenvalue weighted by atomic mass is 16.5. The predicted octanol–water partition coefficient (Wildman–Crippen LogP) is 3.17. The molecule has 0 saturated heterocycles. The first-order valence-corrected chi connectivity index (χ1v) is 6.58. The Hall–Kier alpha value is -2.62. The van der Waals surface area contributed by atoms with Crippen LogP contribution >= 0.6 is 0 Å². The number of aliphatic carboxylic acids is 1. The van der Waals surface area contributed by atoms with Crippen LogP contribution in [0.25, 0.3) is 6.08 Å². The summed E-state index contributed by atoms with van der Waals surface area (Å²) in [7, 11) is 1.61. The van der Waals surface area contributed by atoms with Crippen molar-refractivity contribution in [2.45, 2.75) is 13.3 Å². The monoisotopic (exact) mass is 283 g/mol. The molecule has 0 spiro atoms. The third-order valence-electron chi connectivity index (χ3n) is 3.14. The lowest BCUT2D eigenvalue weighted by molar-refractivity contribution is -0.132. The van der Waals surface area contributed by atoms with Crippen LogP contribution in [0.4, 0.5) is 0 Å². The molecule has 4 heteroatoms. The molecule has 2 aromatic rings. The van der Waals surface area contributed by atoms with Gasteiger partial charge in [-0.05, 0) is 30.2 Å². The van der Waals surface area contributed by atoms with Crippen LogP contribution in [0.1, 0.15) is 23.6 Å². The molecule has 0 fully saturated rings. The van der Waals surface area contributed by atoms with Crippen molar-refractivity contribution in [1.82, 2.24) is 4.98 Å². The molecule has 0 radical (unpaired) electrons. The number of methoxy groups -OCH3 is 1. The van der Waals surface area contributed by atoms with E-state index in [4.69, 9.17) is 9.84 Å². The number of pyridine rings is 1. The minimum atomic E-state index is -0.904. The zero-order valence-electron chi connectivity index (χ0n) is 12.0. The molecular formula is C17H17NO3. The Balaban J connectivity index is 2.16. The van der Waals surface area contributed by atoms with Gasteiger partial charge in [0.1, 0.15) is 0 Å². The second-order valence-corrected chi connectivity index (χ2v) is 4.72. The van der Waals surface area contributed by atoms with Gasteiger partial charge in [0, 0.05) is 23.8 Å². The van der Waals surface area contributed by atoms with E-state index in [0.29, 0.717) is 11.5 Å². The lowest BCUT2D eigenvalue weighted by atomic mass is 10.0. The normalized spacial score (nSPS) is 11.2. The van der Waals surface area contributed by atoms with Gasteiger partial charge in [0.25, 0.3) is 0 Å². The van der Waals surface area contributed by atoms with Crippen molar-refractivity contribution >= 4 is 12.0 Å². The molecule has 0 amide bonds. The number of hydrogen-bond acceptors (Lipinski definition) is 3. The number of carboxylic acids is 1. The van der Waals surface area contributed by atoms with E-state index in [1.807, 2.05) is 36.4 Å². The summed E-state index contributed by atoms with van der Waals surface area (Å²) in [6, 6.07) is 11.6. The Morgan fingerprint density at radius 3 is 2.62 bits per heavy atom. The first kappa shape index (κ1) is 14.8. The molecule has 0 unspecified atom stereocenters.